The van der Waals surface area contributed by atoms with E-state index in [0.29, 0.717) is 5.92 Å². The van der Waals surface area contributed by atoms with Gasteiger partial charge in [0, 0.05) is 11.9 Å². The van der Waals surface area contributed by atoms with Crippen molar-refractivity contribution in [1.82, 2.24) is 9.78 Å². The van der Waals surface area contributed by atoms with Crippen molar-refractivity contribution in [3.05, 3.63) is 16.4 Å². The summed E-state index contributed by atoms with van der Waals surface area (Å²) in [5.74, 6) is 0.657. The molecule has 0 spiro atoms. The van der Waals surface area contributed by atoms with Gasteiger partial charge in [0.05, 0.1) is 16.4 Å². The van der Waals surface area contributed by atoms with E-state index in [1.54, 1.807) is 0 Å². The number of alkyl halides is 1. The Morgan fingerprint density at radius 2 is 2.06 bits per heavy atom. The highest BCUT2D eigenvalue weighted by molar-refractivity contribution is 9.09. The largest absolute Gasteiger partial charge is 0.268 e. The van der Waals surface area contributed by atoms with E-state index in [0.717, 1.165) is 35.4 Å². The normalized spacial score (nSPS) is 13.0. The molecule has 1 heterocycles. The number of aryl methyl sites for hydroxylation is 2. The van der Waals surface area contributed by atoms with Crippen LogP contribution >= 0.6 is 27.5 Å². The molecule has 0 radical (unpaired) electrons. The van der Waals surface area contributed by atoms with Crippen LogP contribution in [0.3, 0.4) is 0 Å². The lowest BCUT2D eigenvalue weighted by atomic mass is 10.00. The zero-order valence-corrected chi connectivity index (χ0v) is 13.3. The molecule has 1 aromatic rings. The Bertz CT molecular complexity index is 349. The molecule has 1 atom stereocenters. The van der Waals surface area contributed by atoms with Crippen LogP contribution in [0.15, 0.2) is 0 Å². The van der Waals surface area contributed by atoms with Gasteiger partial charge in [-0.25, -0.2) is 0 Å². The van der Waals surface area contributed by atoms with Gasteiger partial charge in [-0.1, -0.05) is 47.8 Å². The summed E-state index contributed by atoms with van der Waals surface area (Å²) in [6.45, 7) is 7.35. The highest BCUT2D eigenvalue weighted by Gasteiger charge is 2.17. The van der Waals surface area contributed by atoms with E-state index in [-0.39, 0.29) is 0 Å². The van der Waals surface area contributed by atoms with Crippen LogP contribution in [0.25, 0.3) is 0 Å². The molecule has 4 heteroatoms. The summed E-state index contributed by atoms with van der Waals surface area (Å²) >= 11 is 10.0. The monoisotopic (exact) mass is 320 g/mol. The van der Waals surface area contributed by atoms with Crippen LogP contribution in [0.2, 0.25) is 5.02 Å². The first-order chi connectivity index (χ1) is 8.17. The third-order valence-electron chi connectivity index (χ3n) is 3.09. The highest BCUT2D eigenvalue weighted by Crippen LogP contribution is 2.26. The Hall–Kier alpha value is -0.0200. The molecule has 0 saturated carbocycles. The molecule has 98 valence electrons. The number of hydrogen-bond donors (Lipinski definition) is 0. The fourth-order valence-corrected chi connectivity index (χ4v) is 3.03. The SMILES string of the molecule is CCCC(CBr)Cc1c(Cl)c(CC)nn1CC. The number of halogens is 2. The average Bonchev–Trinajstić information content (AvgIpc) is 2.65. The minimum absolute atomic E-state index is 0.657. The van der Waals surface area contributed by atoms with Crippen molar-refractivity contribution >= 4 is 27.5 Å². The highest BCUT2D eigenvalue weighted by atomic mass is 79.9. The molecule has 0 aliphatic rings. The molecular formula is C13H22BrClN2. The summed E-state index contributed by atoms with van der Waals surface area (Å²) in [6.07, 6.45) is 4.39. The molecule has 2 nitrogen and oxygen atoms in total. The summed E-state index contributed by atoms with van der Waals surface area (Å²) in [5, 5.41) is 6.48. The third kappa shape index (κ3) is 3.72. The molecule has 0 N–H and O–H groups in total. The van der Waals surface area contributed by atoms with E-state index in [4.69, 9.17) is 11.6 Å². The maximum atomic E-state index is 6.41. The second-order valence-electron chi connectivity index (χ2n) is 4.39. The molecule has 1 aromatic heterocycles. The van der Waals surface area contributed by atoms with Gasteiger partial charge in [0.25, 0.3) is 0 Å². The first-order valence-electron chi connectivity index (χ1n) is 6.47. The standard InChI is InChI=1S/C13H22BrClN2/c1-4-7-10(9-14)8-12-13(15)11(5-2)16-17(12)6-3/h10H,4-9H2,1-3H3. The van der Waals surface area contributed by atoms with Gasteiger partial charge in [-0.3, -0.25) is 4.68 Å². The van der Waals surface area contributed by atoms with E-state index in [2.05, 4.69) is 46.5 Å². The lowest BCUT2D eigenvalue weighted by Gasteiger charge is -2.14. The van der Waals surface area contributed by atoms with Gasteiger partial charge < -0.3 is 0 Å². The molecule has 0 bridgehead atoms. The van der Waals surface area contributed by atoms with Gasteiger partial charge in [-0.15, -0.1) is 0 Å². The van der Waals surface area contributed by atoms with Crippen LogP contribution in [-0.2, 0) is 19.4 Å². The summed E-state index contributed by atoms with van der Waals surface area (Å²) in [6, 6.07) is 0. The van der Waals surface area contributed by atoms with E-state index in [1.807, 2.05) is 0 Å². The zero-order valence-electron chi connectivity index (χ0n) is 11.0. The van der Waals surface area contributed by atoms with Crippen molar-refractivity contribution in [1.29, 1.82) is 0 Å². The molecule has 0 amide bonds. The van der Waals surface area contributed by atoms with Gasteiger partial charge in [0.15, 0.2) is 0 Å². The first-order valence-corrected chi connectivity index (χ1v) is 7.97. The van der Waals surface area contributed by atoms with Crippen LogP contribution in [0.5, 0.6) is 0 Å². The van der Waals surface area contributed by atoms with Crippen LogP contribution < -0.4 is 0 Å². The summed E-state index contributed by atoms with van der Waals surface area (Å²) in [5.41, 5.74) is 2.25. The molecule has 0 aliphatic heterocycles. The molecule has 0 aliphatic carbocycles. The van der Waals surface area contributed by atoms with Crippen molar-refractivity contribution in [3.8, 4) is 0 Å². The molecular weight excluding hydrogens is 300 g/mol. The second-order valence-corrected chi connectivity index (χ2v) is 5.42. The maximum Gasteiger partial charge on any atom is 0.0849 e. The van der Waals surface area contributed by atoms with Crippen LogP contribution in [0.4, 0.5) is 0 Å². The molecule has 17 heavy (non-hydrogen) atoms. The van der Waals surface area contributed by atoms with Crippen LogP contribution in [-0.4, -0.2) is 15.1 Å². The molecule has 0 fully saturated rings. The topological polar surface area (TPSA) is 17.8 Å². The summed E-state index contributed by atoms with van der Waals surface area (Å²) in [7, 11) is 0. The third-order valence-corrected chi connectivity index (χ3v) is 4.44. The predicted molar refractivity (Wildman–Crippen MR) is 78.2 cm³/mol. The van der Waals surface area contributed by atoms with Gasteiger partial charge in [0.2, 0.25) is 0 Å². The Kier molecular flexibility index (Phi) is 6.57. The smallest absolute Gasteiger partial charge is 0.0849 e. The van der Waals surface area contributed by atoms with E-state index in [1.165, 1.54) is 18.5 Å². The Morgan fingerprint density at radius 1 is 1.35 bits per heavy atom. The first kappa shape index (κ1) is 15.0. The van der Waals surface area contributed by atoms with Gasteiger partial charge >= 0.3 is 0 Å². The average molecular weight is 322 g/mol. The lowest BCUT2D eigenvalue weighted by Crippen LogP contribution is -2.11. The van der Waals surface area contributed by atoms with Crippen molar-refractivity contribution in [2.75, 3.05) is 5.33 Å². The van der Waals surface area contributed by atoms with Gasteiger partial charge in [0.1, 0.15) is 0 Å². The minimum atomic E-state index is 0.657. The van der Waals surface area contributed by atoms with Crippen molar-refractivity contribution in [2.24, 2.45) is 5.92 Å². The minimum Gasteiger partial charge on any atom is -0.268 e. The van der Waals surface area contributed by atoms with E-state index >= 15 is 0 Å². The number of hydrogen-bond acceptors (Lipinski definition) is 1. The summed E-state index contributed by atoms with van der Waals surface area (Å²) < 4.78 is 2.06. The number of rotatable bonds is 7. The Morgan fingerprint density at radius 3 is 2.53 bits per heavy atom. The van der Waals surface area contributed by atoms with Crippen molar-refractivity contribution in [3.63, 3.8) is 0 Å². The maximum absolute atomic E-state index is 6.41. The van der Waals surface area contributed by atoms with Crippen molar-refractivity contribution < 1.29 is 0 Å². The molecule has 0 aromatic carbocycles. The van der Waals surface area contributed by atoms with Gasteiger partial charge in [-0.2, -0.15) is 5.10 Å². The number of aromatic nitrogens is 2. The fourth-order valence-electron chi connectivity index (χ4n) is 2.13. The van der Waals surface area contributed by atoms with Crippen LogP contribution in [0.1, 0.15) is 45.0 Å². The Labute approximate surface area is 118 Å². The fraction of sp³-hybridized carbons (Fsp3) is 0.769. The second kappa shape index (κ2) is 7.42. The quantitative estimate of drug-likeness (QED) is 0.677. The molecule has 1 unspecified atom stereocenters. The predicted octanol–water partition coefficient (Wildman–Crippen LogP) is 4.47. The summed E-state index contributed by atoms with van der Waals surface area (Å²) in [4.78, 5) is 0. The molecule has 1 rings (SSSR count). The van der Waals surface area contributed by atoms with Crippen LogP contribution in [0, 0.1) is 5.92 Å². The Balaban J connectivity index is 2.91. The van der Waals surface area contributed by atoms with Gasteiger partial charge in [-0.05, 0) is 32.1 Å². The number of nitrogens with zero attached hydrogens (tertiary/aromatic N) is 2. The lowest BCUT2D eigenvalue weighted by molar-refractivity contribution is 0.501. The van der Waals surface area contributed by atoms with Crippen molar-refractivity contribution in [2.45, 2.75) is 53.0 Å². The zero-order chi connectivity index (χ0) is 12.8. The van der Waals surface area contributed by atoms with E-state index in [9.17, 15) is 0 Å². The molecule has 0 saturated heterocycles. The van der Waals surface area contributed by atoms with E-state index < -0.39 is 0 Å².